The summed E-state index contributed by atoms with van der Waals surface area (Å²) >= 11 is 9.21. The summed E-state index contributed by atoms with van der Waals surface area (Å²) in [7, 11) is 0. The third-order valence-corrected chi connectivity index (χ3v) is 2.88. The van der Waals surface area contributed by atoms with Gasteiger partial charge in [-0.25, -0.2) is 8.78 Å². The number of fused-ring (bicyclic) bond motifs is 1. The fourth-order valence-electron chi connectivity index (χ4n) is 1.39. The predicted molar refractivity (Wildman–Crippen MR) is 66.0 cm³/mol. The molecule has 2 aromatic rings. The quantitative estimate of drug-likeness (QED) is 0.841. The van der Waals surface area contributed by atoms with E-state index in [2.05, 4.69) is 20.9 Å². The SMILES string of the molecule is FC(F)COc1cnc2c(Br)cc(Cl)cc2c1. The summed E-state index contributed by atoms with van der Waals surface area (Å²) in [6, 6.07) is 5.04. The van der Waals surface area contributed by atoms with Crippen molar-refractivity contribution in [3.8, 4) is 5.75 Å². The molecule has 0 aliphatic heterocycles. The first-order valence-electron chi connectivity index (χ1n) is 4.72. The molecular formula is C11H7BrClF2NO. The number of aromatic nitrogens is 1. The lowest BCUT2D eigenvalue weighted by atomic mass is 10.2. The zero-order valence-corrected chi connectivity index (χ0v) is 10.8. The molecule has 0 aliphatic carbocycles. The van der Waals surface area contributed by atoms with Gasteiger partial charge < -0.3 is 4.74 Å². The van der Waals surface area contributed by atoms with Gasteiger partial charge in [0, 0.05) is 14.9 Å². The van der Waals surface area contributed by atoms with E-state index in [0.717, 1.165) is 9.86 Å². The molecule has 1 heterocycles. The van der Waals surface area contributed by atoms with Crippen LogP contribution in [-0.4, -0.2) is 18.0 Å². The zero-order valence-electron chi connectivity index (χ0n) is 8.46. The standard InChI is InChI=1S/C11H7BrClF2NO/c12-9-3-7(13)1-6-2-8(4-16-11(6)9)17-5-10(14)15/h1-4,10H,5H2. The van der Waals surface area contributed by atoms with E-state index in [-0.39, 0.29) is 0 Å². The number of hydrogen-bond acceptors (Lipinski definition) is 2. The maximum atomic E-state index is 12.0. The Morgan fingerprint density at radius 3 is 2.82 bits per heavy atom. The molecule has 2 nitrogen and oxygen atoms in total. The third-order valence-electron chi connectivity index (χ3n) is 2.05. The first-order chi connectivity index (χ1) is 8.06. The van der Waals surface area contributed by atoms with Crippen LogP contribution in [0.5, 0.6) is 5.75 Å². The Morgan fingerprint density at radius 2 is 2.12 bits per heavy atom. The van der Waals surface area contributed by atoms with Gasteiger partial charge in [-0.3, -0.25) is 4.98 Å². The van der Waals surface area contributed by atoms with Crippen LogP contribution in [0.4, 0.5) is 8.78 Å². The van der Waals surface area contributed by atoms with Gasteiger partial charge in [0.15, 0.2) is 0 Å². The number of halogens is 4. The van der Waals surface area contributed by atoms with Gasteiger partial charge in [0.2, 0.25) is 0 Å². The maximum Gasteiger partial charge on any atom is 0.272 e. The minimum atomic E-state index is -2.50. The molecule has 0 saturated heterocycles. The molecule has 17 heavy (non-hydrogen) atoms. The van der Waals surface area contributed by atoms with Crippen LogP contribution < -0.4 is 4.74 Å². The minimum absolute atomic E-state index is 0.298. The van der Waals surface area contributed by atoms with Gasteiger partial charge in [-0.1, -0.05) is 11.6 Å². The zero-order chi connectivity index (χ0) is 12.4. The Balaban J connectivity index is 2.36. The first-order valence-corrected chi connectivity index (χ1v) is 5.89. The van der Waals surface area contributed by atoms with Crippen LogP contribution in [0.2, 0.25) is 5.02 Å². The molecule has 0 saturated carbocycles. The van der Waals surface area contributed by atoms with Crippen LogP contribution in [-0.2, 0) is 0 Å². The highest BCUT2D eigenvalue weighted by Gasteiger charge is 2.07. The first kappa shape index (κ1) is 12.5. The van der Waals surface area contributed by atoms with Gasteiger partial charge in [-0.15, -0.1) is 0 Å². The van der Waals surface area contributed by atoms with E-state index in [1.54, 1.807) is 18.2 Å². The molecule has 90 valence electrons. The summed E-state index contributed by atoms with van der Waals surface area (Å²) in [6.45, 7) is -0.644. The van der Waals surface area contributed by atoms with Crippen molar-refractivity contribution < 1.29 is 13.5 Å². The average molecular weight is 323 g/mol. The minimum Gasteiger partial charge on any atom is -0.486 e. The van der Waals surface area contributed by atoms with E-state index >= 15 is 0 Å². The average Bonchev–Trinajstić information content (AvgIpc) is 2.25. The Bertz CT molecular complexity index is 550. The molecule has 0 bridgehead atoms. The Kier molecular flexibility index (Phi) is 3.79. The van der Waals surface area contributed by atoms with Gasteiger partial charge in [0.05, 0.1) is 11.7 Å². The largest absolute Gasteiger partial charge is 0.486 e. The third kappa shape index (κ3) is 3.04. The molecule has 2 rings (SSSR count). The number of ether oxygens (including phenoxy) is 1. The molecule has 1 aromatic heterocycles. The Hall–Kier alpha value is -0.940. The normalized spacial score (nSPS) is 11.1. The molecule has 0 fully saturated rings. The highest BCUT2D eigenvalue weighted by molar-refractivity contribution is 9.10. The van der Waals surface area contributed by atoms with Gasteiger partial charge in [-0.2, -0.15) is 0 Å². The summed E-state index contributed by atoms with van der Waals surface area (Å²) in [5.74, 6) is 0.298. The number of alkyl halides is 2. The molecule has 6 heteroatoms. The Morgan fingerprint density at radius 1 is 1.35 bits per heavy atom. The second kappa shape index (κ2) is 5.14. The van der Waals surface area contributed by atoms with Crippen LogP contribution in [0.25, 0.3) is 10.9 Å². The molecule has 0 atom stereocenters. The highest BCUT2D eigenvalue weighted by Crippen LogP contribution is 2.28. The van der Waals surface area contributed by atoms with Crippen molar-refractivity contribution in [3.05, 3.63) is 33.9 Å². The predicted octanol–water partition coefficient (Wildman–Crippen LogP) is 4.29. The van der Waals surface area contributed by atoms with Crippen molar-refractivity contribution >= 4 is 38.4 Å². The van der Waals surface area contributed by atoms with Crippen LogP contribution in [0.1, 0.15) is 0 Å². The van der Waals surface area contributed by atoms with Gasteiger partial charge >= 0.3 is 0 Å². The number of rotatable bonds is 3. The van der Waals surface area contributed by atoms with E-state index in [0.29, 0.717) is 16.3 Å². The van der Waals surface area contributed by atoms with Gasteiger partial charge in [0.25, 0.3) is 6.43 Å². The van der Waals surface area contributed by atoms with Crippen molar-refractivity contribution in [3.63, 3.8) is 0 Å². The summed E-state index contributed by atoms with van der Waals surface area (Å²) in [5.41, 5.74) is 0.707. The molecule has 0 N–H and O–H groups in total. The van der Waals surface area contributed by atoms with Crippen LogP contribution in [0.15, 0.2) is 28.9 Å². The second-order valence-corrected chi connectivity index (χ2v) is 4.62. The molecule has 0 spiro atoms. The molecular weight excluding hydrogens is 315 g/mol. The van der Waals surface area contributed by atoms with E-state index in [1.165, 1.54) is 6.20 Å². The number of pyridine rings is 1. The lowest BCUT2D eigenvalue weighted by molar-refractivity contribution is 0.0818. The molecule has 1 aromatic carbocycles. The van der Waals surface area contributed by atoms with Crippen molar-refractivity contribution in [2.45, 2.75) is 6.43 Å². The van der Waals surface area contributed by atoms with E-state index in [1.807, 2.05) is 0 Å². The molecule has 0 aliphatic rings. The van der Waals surface area contributed by atoms with Crippen LogP contribution in [0.3, 0.4) is 0 Å². The van der Waals surface area contributed by atoms with E-state index < -0.39 is 13.0 Å². The van der Waals surface area contributed by atoms with Crippen molar-refractivity contribution in [2.24, 2.45) is 0 Å². The van der Waals surface area contributed by atoms with Crippen molar-refractivity contribution in [1.29, 1.82) is 0 Å². The lowest BCUT2D eigenvalue weighted by Crippen LogP contribution is -2.07. The summed E-state index contributed by atoms with van der Waals surface area (Å²) < 4.78 is 29.6. The van der Waals surface area contributed by atoms with E-state index in [9.17, 15) is 8.78 Å². The van der Waals surface area contributed by atoms with E-state index in [4.69, 9.17) is 16.3 Å². The van der Waals surface area contributed by atoms with Crippen molar-refractivity contribution in [1.82, 2.24) is 4.98 Å². The molecule has 0 unspecified atom stereocenters. The van der Waals surface area contributed by atoms with Gasteiger partial charge in [0.1, 0.15) is 12.4 Å². The summed E-state index contributed by atoms with van der Waals surface area (Å²) in [5, 5.41) is 1.27. The number of benzene rings is 1. The fraction of sp³-hybridized carbons (Fsp3) is 0.182. The maximum absolute atomic E-state index is 12.0. The Labute approximate surface area is 110 Å². The number of nitrogens with zero attached hydrogens (tertiary/aromatic N) is 1. The number of hydrogen-bond donors (Lipinski definition) is 0. The molecule has 0 radical (unpaired) electrons. The smallest absolute Gasteiger partial charge is 0.272 e. The molecule has 0 amide bonds. The van der Waals surface area contributed by atoms with Crippen molar-refractivity contribution in [2.75, 3.05) is 6.61 Å². The fourth-order valence-corrected chi connectivity index (χ4v) is 2.33. The second-order valence-electron chi connectivity index (χ2n) is 3.33. The topological polar surface area (TPSA) is 22.1 Å². The van der Waals surface area contributed by atoms with Crippen LogP contribution >= 0.6 is 27.5 Å². The summed E-state index contributed by atoms with van der Waals surface area (Å²) in [4.78, 5) is 4.12. The lowest BCUT2D eigenvalue weighted by Gasteiger charge is -2.07. The van der Waals surface area contributed by atoms with Crippen LogP contribution in [0, 0.1) is 0 Å². The monoisotopic (exact) mass is 321 g/mol. The summed E-state index contributed by atoms with van der Waals surface area (Å²) in [6.07, 6.45) is -1.10. The van der Waals surface area contributed by atoms with Gasteiger partial charge in [-0.05, 0) is 34.1 Å². The highest BCUT2D eigenvalue weighted by atomic mass is 79.9.